The lowest BCUT2D eigenvalue weighted by Crippen LogP contribution is -2.53. The van der Waals surface area contributed by atoms with Crippen LogP contribution in [-0.2, 0) is 4.79 Å². The van der Waals surface area contributed by atoms with Gasteiger partial charge in [-0.1, -0.05) is 30.3 Å². The summed E-state index contributed by atoms with van der Waals surface area (Å²) in [5, 5.41) is 9.25. The van der Waals surface area contributed by atoms with E-state index in [1.807, 2.05) is 44.2 Å². The monoisotopic (exact) mass is 381 g/mol. The molecule has 1 aromatic heterocycles. The Kier molecular flexibility index (Phi) is 6.71. The van der Waals surface area contributed by atoms with E-state index in [-0.39, 0.29) is 29.5 Å². The number of hydrogen-bond acceptors (Lipinski definition) is 5. The van der Waals surface area contributed by atoms with Crippen molar-refractivity contribution >= 4 is 11.8 Å². The molecule has 1 saturated heterocycles. The molecule has 2 aromatic rings. The molecular weight excluding hydrogens is 354 g/mol. The number of aromatic nitrogens is 2. The molecule has 7 heteroatoms. The quantitative estimate of drug-likeness (QED) is 0.709. The van der Waals surface area contributed by atoms with Crippen LogP contribution in [0.2, 0.25) is 0 Å². The largest absolute Gasteiger partial charge is 0.348 e. The van der Waals surface area contributed by atoms with Crippen molar-refractivity contribution in [3.8, 4) is 0 Å². The highest BCUT2D eigenvalue weighted by Gasteiger charge is 2.32. The van der Waals surface area contributed by atoms with Gasteiger partial charge in [-0.25, -0.2) is 4.98 Å². The Morgan fingerprint density at radius 2 is 1.79 bits per heavy atom. The fourth-order valence-corrected chi connectivity index (χ4v) is 3.43. The zero-order chi connectivity index (χ0) is 19.9. The van der Waals surface area contributed by atoms with Crippen molar-refractivity contribution in [2.45, 2.75) is 38.8 Å². The van der Waals surface area contributed by atoms with Crippen LogP contribution in [0.1, 0.15) is 47.6 Å². The fraction of sp³-hybridized carbons (Fsp3) is 0.429. The van der Waals surface area contributed by atoms with E-state index < -0.39 is 6.04 Å². The van der Waals surface area contributed by atoms with Crippen LogP contribution in [0.5, 0.6) is 0 Å². The number of piperidine rings is 1. The van der Waals surface area contributed by atoms with Crippen LogP contribution in [0, 0.1) is 12.8 Å². The molecule has 1 aliphatic heterocycles. The van der Waals surface area contributed by atoms with Crippen LogP contribution in [0.25, 0.3) is 0 Å². The summed E-state index contributed by atoms with van der Waals surface area (Å²) < 4.78 is 0. The normalized spacial score (nSPS) is 16.8. The first-order valence-electron chi connectivity index (χ1n) is 9.70. The lowest BCUT2D eigenvalue weighted by atomic mass is 9.89. The van der Waals surface area contributed by atoms with Crippen molar-refractivity contribution in [3.63, 3.8) is 0 Å². The number of rotatable bonds is 6. The molecule has 1 aliphatic rings. The first-order chi connectivity index (χ1) is 13.5. The van der Waals surface area contributed by atoms with Gasteiger partial charge in [-0.05, 0) is 51.3 Å². The zero-order valence-corrected chi connectivity index (χ0v) is 16.3. The third-order valence-electron chi connectivity index (χ3n) is 5.10. The fourth-order valence-electron chi connectivity index (χ4n) is 3.43. The molecular formula is C21H27N5O2. The number of nitrogens with one attached hydrogen (secondary N) is 3. The van der Waals surface area contributed by atoms with Crippen LogP contribution in [0.15, 0.2) is 42.7 Å². The summed E-state index contributed by atoms with van der Waals surface area (Å²) in [6.45, 7) is 5.43. The van der Waals surface area contributed by atoms with E-state index in [9.17, 15) is 9.59 Å². The van der Waals surface area contributed by atoms with Crippen molar-refractivity contribution in [2.75, 3.05) is 13.1 Å². The first kappa shape index (κ1) is 19.9. The molecule has 1 aromatic carbocycles. The molecule has 0 radical (unpaired) electrons. The Labute approximate surface area is 165 Å². The standard InChI is InChI=1S/C21H27N5O2/c1-14-12-24-18(13-23-14)20(27)26-19(17-8-10-22-11-9-17)21(28)25-15(2)16-6-4-3-5-7-16/h3-7,12-13,15,17,19,22H,8-11H2,1-2H3,(H,25,28)(H,26,27)/t15-,19?/m1/s1. The number of nitrogens with zero attached hydrogens (tertiary/aromatic N) is 2. The molecule has 1 fully saturated rings. The minimum Gasteiger partial charge on any atom is -0.348 e. The maximum atomic E-state index is 13.1. The van der Waals surface area contributed by atoms with Crippen LogP contribution in [0.4, 0.5) is 0 Å². The van der Waals surface area contributed by atoms with Crippen molar-refractivity contribution < 1.29 is 9.59 Å². The molecule has 2 heterocycles. The van der Waals surface area contributed by atoms with Crippen molar-refractivity contribution in [3.05, 3.63) is 59.7 Å². The van der Waals surface area contributed by atoms with Gasteiger partial charge in [0.2, 0.25) is 5.91 Å². The summed E-state index contributed by atoms with van der Waals surface area (Å²) in [6, 6.07) is 9.03. The van der Waals surface area contributed by atoms with Crippen molar-refractivity contribution in [1.29, 1.82) is 0 Å². The topological polar surface area (TPSA) is 96.0 Å². The van der Waals surface area contributed by atoms with Gasteiger partial charge in [-0.3, -0.25) is 14.6 Å². The van der Waals surface area contributed by atoms with Gasteiger partial charge in [0.15, 0.2) is 0 Å². The summed E-state index contributed by atoms with van der Waals surface area (Å²) in [4.78, 5) is 34.0. The maximum Gasteiger partial charge on any atom is 0.272 e. The predicted molar refractivity (Wildman–Crippen MR) is 107 cm³/mol. The molecule has 0 aliphatic carbocycles. The summed E-state index contributed by atoms with van der Waals surface area (Å²) in [7, 11) is 0. The van der Waals surface area contributed by atoms with Crippen LogP contribution in [-0.4, -0.2) is 40.9 Å². The van der Waals surface area contributed by atoms with Crippen molar-refractivity contribution in [2.24, 2.45) is 5.92 Å². The minimum atomic E-state index is -0.608. The molecule has 7 nitrogen and oxygen atoms in total. The second kappa shape index (κ2) is 9.41. The first-order valence-corrected chi connectivity index (χ1v) is 9.70. The number of aryl methyl sites for hydroxylation is 1. The Hall–Kier alpha value is -2.80. The summed E-state index contributed by atoms with van der Waals surface area (Å²) in [6.07, 6.45) is 4.65. The molecule has 148 valence electrons. The van der Waals surface area contributed by atoms with E-state index in [0.29, 0.717) is 0 Å². The third kappa shape index (κ3) is 5.13. The van der Waals surface area contributed by atoms with Gasteiger partial charge in [-0.15, -0.1) is 0 Å². The van der Waals surface area contributed by atoms with E-state index >= 15 is 0 Å². The van der Waals surface area contributed by atoms with Gasteiger partial charge in [0.25, 0.3) is 5.91 Å². The van der Waals surface area contributed by atoms with E-state index in [1.165, 1.54) is 6.20 Å². The second-order valence-electron chi connectivity index (χ2n) is 7.22. The number of hydrogen-bond donors (Lipinski definition) is 3. The van der Waals surface area contributed by atoms with Gasteiger partial charge in [-0.2, -0.15) is 0 Å². The van der Waals surface area contributed by atoms with Crippen molar-refractivity contribution in [1.82, 2.24) is 25.9 Å². The lowest BCUT2D eigenvalue weighted by Gasteiger charge is -2.31. The predicted octanol–water partition coefficient (Wildman–Crippen LogP) is 1.76. The molecule has 3 rings (SSSR count). The van der Waals surface area contributed by atoms with E-state index in [1.54, 1.807) is 6.20 Å². The number of carbonyl (C=O) groups excluding carboxylic acids is 2. The second-order valence-corrected chi connectivity index (χ2v) is 7.22. The average molecular weight is 381 g/mol. The Morgan fingerprint density at radius 1 is 1.07 bits per heavy atom. The zero-order valence-electron chi connectivity index (χ0n) is 16.3. The molecule has 0 bridgehead atoms. The Bertz CT molecular complexity index is 788. The maximum absolute atomic E-state index is 13.1. The number of amides is 2. The summed E-state index contributed by atoms with van der Waals surface area (Å²) in [5.74, 6) is -0.471. The van der Waals surface area contributed by atoms with E-state index in [4.69, 9.17) is 0 Å². The Balaban J connectivity index is 1.73. The highest BCUT2D eigenvalue weighted by atomic mass is 16.2. The molecule has 2 amide bonds. The SMILES string of the molecule is Cc1cnc(C(=O)NC(C(=O)N[C@H](C)c2ccccc2)C2CCNCC2)cn1. The molecule has 3 N–H and O–H groups in total. The van der Waals surface area contributed by atoms with Gasteiger partial charge in [0, 0.05) is 6.20 Å². The molecule has 1 unspecified atom stereocenters. The lowest BCUT2D eigenvalue weighted by molar-refractivity contribution is -0.125. The highest BCUT2D eigenvalue weighted by Crippen LogP contribution is 2.19. The highest BCUT2D eigenvalue weighted by molar-refractivity contribution is 5.96. The Morgan fingerprint density at radius 3 is 2.43 bits per heavy atom. The van der Waals surface area contributed by atoms with Gasteiger partial charge >= 0.3 is 0 Å². The van der Waals surface area contributed by atoms with Crippen LogP contribution in [0.3, 0.4) is 0 Å². The average Bonchev–Trinajstić information content (AvgIpc) is 2.73. The number of benzene rings is 1. The minimum absolute atomic E-state index is 0.0755. The molecule has 2 atom stereocenters. The molecule has 0 spiro atoms. The number of carbonyl (C=O) groups is 2. The van der Waals surface area contributed by atoms with Crippen LogP contribution < -0.4 is 16.0 Å². The molecule has 28 heavy (non-hydrogen) atoms. The van der Waals surface area contributed by atoms with Gasteiger partial charge < -0.3 is 16.0 Å². The third-order valence-corrected chi connectivity index (χ3v) is 5.10. The van der Waals surface area contributed by atoms with E-state index in [0.717, 1.165) is 37.2 Å². The smallest absolute Gasteiger partial charge is 0.272 e. The molecule has 0 saturated carbocycles. The van der Waals surface area contributed by atoms with E-state index in [2.05, 4.69) is 25.9 Å². The van der Waals surface area contributed by atoms with Gasteiger partial charge in [0.05, 0.1) is 17.9 Å². The summed E-state index contributed by atoms with van der Waals surface area (Å²) in [5.41, 5.74) is 1.98. The van der Waals surface area contributed by atoms with Crippen LogP contribution >= 0.6 is 0 Å². The summed E-state index contributed by atoms with van der Waals surface area (Å²) >= 11 is 0. The van der Waals surface area contributed by atoms with Gasteiger partial charge in [0.1, 0.15) is 11.7 Å².